The van der Waals surface area contributed by atoms with Crippen molar-refractivity contribution in [3.8, 4) is 5.75 Å². The number of rotatable bonds is 13. The van der Waals surface area contributed by atoms with Gasteiger partial charge in [0, 0.05) is 0 Å². The summed E-state index contributed by atoms with van der Waals surface area (Å²) in [6.45, 7) is 2.23. The third-order valence-corrected chi connectivity index (χ3v) is 4.95. The van der Waals surface area contributed by atoms with Crippen LogP contribution < -0.4 is 55.6 Å². The van der Waals surface area contributed by atoms with Crippen LogP contribution in [-0.2, 0) is 10.1 Å². The van der Waals surface area contributed by atoms with Crippen molar-refractivity contribution in [1.82, 2.24) is 0 Å². The molecule has 0 aromatic heterocycles. The first-order valence-corrected chi connectivity index (χ1v) is 10.2. The van der Waals surface area contributed by atoms with Crippen LogP contribution in [0.15, 0.2) is 30.3 Å². The predicted octanol–water partition coefficient (Wildman–Crippen LogP) is 2.43. The number of hydrogen-bond donors (Lipinski definition) is 0. The van der Waals surface area contributed by atoms with Crippen LogP contribution in [0, 0.1) is 0 Å². The van der Waals surface area contributed by atoms with Crippen molar-refractivity contribution < 1.29 is 65.4 Å². The molecule has 5 heteroatoms. The minimum absolute atomic E-state index is 0. The molecule has 0 fully saturated rings. The van der Waals surface area contributed by atoms with Crippen LogP contribution >= 0.6 is 0 Å². The molecule has 0 radical (unpaired) electrons. The van der Waals surface area contributed by atoms with Crippen molar-refractivity contribution in [2.75, 3.05) is 5.75 Å². The Morgan fingerprint density at radius 1 is 0.826 bits per heavy atom. The van der Waals surface area contributed by atoms with Gasteiger partial charge in [-0.05, 0) is 18.6 Å². The summed E-state index contributed by atoms with van der Waals surface area (Å²) in [6.07, 6.45) is 11.9. The van der Waals surface area contributed by atoms with Crippen molar-refractivity contribution >= 4 is 10.1 Å². The normalized spacial score (nSPS) is 11.0. The summed E-state index contributed by atoms with van der Waals surface area (Å²) in [5.74, 6) is 0.507. The van der Waals surface area contributed by atoms with Gasteiger partial charge in [0.05, 0.1) is 5.75 Å². The molecular formula is C18H31KO3S. The zero-order valence-corrected chi connectivity index (χ0v) is 18.7. The Kier molecular flexibility index (Phi) is 15.3. The van der Waals surface area contributed by atoms with Gasteiger partial charge in [-0.25, -0.2) is 0 Å². The van der Waals surface area contributed by atoms with E-state index in [4.69, 9.17) is 4.18 Å². The van der Waals surface area contributed by atoms with Crippen LogP contribution in [-0.4, -0.2) is 14.2 Å². The summed E-state index contributed by atoms with van der Waals surface area (Å²) < 4.78 is 28.7. The van der Waals surface area contributed by atoms with Crippen LogP contribution in [0.1, 0.15) is 72.6 Å². The minimum Gasteiger partial charge on any atom is -1.00 e. The van der Waals surface area contributed by atoms with Gasteiger partial charge in [0.2, 0.25) is 0 Å². The quantitative estimate of drug-likeness (QED) is 0.306. The Morgan fingerprint density at radius 2 is 1.30 bits per heavy atom. The minimum atomic E-state index is -3.44. The molecular weight excluding hydrogens is 335 g/mol. The van der Waals surface area contributed by atoms with E-state index in [-0.39, 0.29) is 58.6 Å². The van der Waals surface area contributed by atoms with Gasteiger partial charge in [0.15, 0.2) is 0 Å². The van der Waals surface area contributed by atoms with Crippen LogP contribution in [0.4, 0.5) is 0 Å². The van der Waals surface area contributed by atoms with E-state index in [1.807, 2.05) is 6.07 Å². The maximum Gasteiger partial charge on any atom is 1.00 e. The van der Waals surface area contributed by atoms with Crippen molar-refractivity contribution in [3.63, 3.8) is 0 Å². The SMILES string of the molecule is CCCCCCCCCCCCS(=O)(=O)Oc1ccccc1.[H-].[K+]. The molecule has 0 aliphatic rings. The average molecular weight is 367 g/mol. The van der Waals surface area contributed by atoms with Crippen molar-refractivity contribution in [3.05, 3.63) is 30.3 Å². The molecule has 0 unspecified atom stereocenters. The standard InChI is InChI=1S/C18H30O3S.K.H/c1-2-3-4-5-6-7-8-9-10-14-17-22(19,20)21-18-15-12-11-13-16-18;;/h11-13,15-16H,2-10,14,17H2,1H3;;/q;+1;-1. The molecule has 0 saturated carbocycles. The summed E-state index contributed by atoms with van der Waals surface area (Å²) in [4.78, 5) is 0. The average Bonchev–Trinajstić information content (AvgIpc) is 2.49. The van der Waals surface area contributed by atoms with Crippen LogP contribution in [0.25, 0.3) is 0 Å². The largest absolute Gasteiger partial charge is 1.00 e. The van der Waals surface area contributed by atoms with Crippen LogP contribution in [0.3, 0.4) is 0 Å². The number of unbranched alkanes of at least 4 members (excludes halogenated alkanes) is 9. The number of para-hydroxylation sites is 1. The molecule has 1 rings (SSSR count). The molecule has 0 aliphatic carbocycles. The Morgan fingerprint density at radius 3 is 1.83 bits per heavy atom. The van der Waals surface area contributed by atoms with E-state index in [9.17, 15) is 8.42 Å². The van der Waals surface area contributed by atoms with Crippen molar-refractivity contribution in [1.29, 1.82) is 0 Å². The molecule has 0 amide bonds. The molecule has 3 nitrogen and oxygen atoms in total. The molecule has 0 bridgehead atoms. The molecule has 0 N–H and O–H groups in total. The Labute approximate surface area is 186 Å². The monoisotopic (exact) mass is 366 g/mol. The maximum absolute atomic E-state index is 11.8. The van der Waals surface area contributed by atoms with E-state index in [1.54, 1.807) is 24.3 Å². The first-order valence-electron chi connectivity index (χ1n) is 8.61. The van der Waals surface area contributed by atoms with Gasteiger partial charge in [-0.2, -0.15) is 8.42 Å². The van der Waals surface area contributed by atoms with Crippen LogP contribution in [0.2, 0.25) is 0 Å². The fourth-order valence-electron chi connectivity index (χ4n) is 2.43. The molecule has 1 aromatic carbocycles. The van der Waals surface area contributed by atoms with Gasteiger partial charge in [-0.1, -0.05) is 82.9 Å². The summed E-state index contributed by atoms with van der Waals surface area (Å²) in [6, 6.07) is 8.70. The summed E-state index contributed by atoms with van der Waals surface area (Å²) >= 11 is 0. The second kappa shape index (κ2) is 14.9. The molecule has 1 aromatic rings. The molecule has 23 heavy (non-hydrogen) atoms. The Hall–Kier alpha value is 0.606. The van der Waals surface area contributed by atoms with E-state index >= 15 is 0 Å². The van der Waals surface area contributed by atoms with Gasteiger partial charge < -0.3 is 5.61 Å². The van der Waals surface area contributed by atoms with Gasteiger partial charge in [-0.15, -0.1) is 0 Å². The zero-order valence-electron chi connectivity index (χ0n) is 15.8. The molecule has 0 atom stereocenters. The topological polar surface area (TPSA) is 43.4 Å². The van der Waals surface area contributed by atoms with E-state index in [1.165, 1.54) is 44.9 Å². The van der Waals surface area contributed by atoms with Gasteiger partial charge >= 0.3 is 61.5 Å². The van der Waals surface area contributed by atoms with E-state index in [0.29, 0.717) is 12.2 Å². The Balaban J connectivity index is 0. The summed E-state index contributed by atoms with van der Waals surface area (Å²) in [5, 5.41) is 0. The molecule has 128 valence electrons. The second-order valence-corrected chi connectivity index (χ2v) is 7.53. The van der Waals surface area contributed by atoms with Gasteiger partial charge in [-0.3, -0.25) is 0 Å². The smallest absolute Gasteiger partial charge is 1.00 e. The molecule has 0 saturated heterocycles. The van der Waals surface area contributed by atoms with Gasteiger partial charge in [0.1, 0.15) is 5.75 Å². The second-order valence-electron chi connectivity index (χ2n) is 5.84. The first-order chi connectivity index (χ1) is 10.6. The van der Waals surface area contributed by atoms with Gasteiger partial charge in [0.25, 0.3) is 0 Å². The molecule has 0 heterocycles. The molecule has 0 aliphatic heterocycles. The van der Waals surface area contributed by atoms with E-state index in [0.717, 1.165) is 12.8 Å². The molecule has 0 spiro atoms. The number of hydrogen-bond acceptors (Lipinski definition) is 3. The zero-order chi connectivity index (χ0) is 16.1. The van der Waals surface area contributed by atoms with E-state index in [2.05, 4.69) is 6.92 Å². The van der Waals surface area contributed by atoms with Crippen molar-refractivity contribution in [2.45, 2.75) is 71.1 Å². The summed E-state index contributed by atoms with van der Waals surface area (Å²) in [5.41, 5.74) is 0. The first kappa shape index (κ1) is 23.6. The third-order valence-electron chi connectivity index (χ3n) is 3.71. The van der Waals surface area contributed by atoms with E-state index < -0.39 is 10.1 Å². The fraction of sp³-hybridized carbons (Fsp3) is 0.667. The van der Waals surface area contributed by atoms with Crippen molar-refractivity contribution in [2.24, 2.45) is 0 Å². The Bertz CT molecular complexity index is 480. The fourth-order valence-corrected chi connectivity index (χ4v) is 3.48. The predicted molar refractivity (Wildman–Crippen MR) is 93.8 cm³/mol. The third kappa shape index (κ3) is 13.6. The summed E-state index contributed by atoms with van der Waals surface area (Å²) in [7, 11) is -3.44. The van der Waals surface area contributed by atoms with Crippen LogP contribution in [0.5, 0.6) is 5.75 Å². The number of benzene rings is 1. The maximum atomic E-state index is 11.8.